The third-order valence-corrected chi connectivity index (χ3v) is 6.83. The Morgan fingerprint density at radius 3 is 2.28 bits per heavy atom. The summed E-state index contributed by atoms with van der Waals surface area (Å²) in [7, 11) is 1.78. The highest BCUT2D eigenvalue weighted by atomic mass is 32.2. The second kappa shape index (κ2) is 9.97. The molecular formula is C24H29NO3S. The molecule has 3 rings (SSSR count). The maximum absolute atomic E-state index is 13.3. The van der Waals surface area contributed by atoms with Crippen molar-refractivity contribution in [3.8, 4) is 0 Å². The van der Waals surface area contributed by atoms with Gasteiger partial charge in [0.2, 0.25) is 5.91 Å². The zero-order chi connectivity index (χ0) is 20.8. The molecule has 29 heavy (non-hydrogen) atoms. The van der Waals surface area contributed by atoms with Crippen molar-refractivity contribution in [2.75, 3.05) is 12.8 Å². The van der Waals surface area contributed by atoms with E-state index in [1.807, 2.05) is 55.5 Å². The molecule has 1 saturated heterocycles. The Balaban J connectivity index is 1.83. The van der Waals surface area contributed by atoms with E-state index in [4.69, 9.17) is 4.74 Å². The lowest BCUT2D eigenvalue weighted by atomic mass is 9.89. The molecule has 4 atom stereocenters. The number of hydrogen-bond donors (Lipinski definition) is 0. The Labute approximate surface area is 177 Å². The molecule has 1 aliphatic rings. The Morgan fingerprint density at radius 1 is 1.03 bits per heavy atom. The lowest BCUT2D eigenvalue weighted by Crippen LogP contribution is -2.43. The third kappa shape index (κ3) is 5.02. The van der Waals surface area contributed by atoms with Crippen LogP contribution < -0.4 is 0 Å². The highest BCUT2D eigenvalue weighted by Gasteiger charge is 2.44. The predicted molar refractivity (Wildman–Crippen MR) is 117 cm³/mol. The summed E-state index contributed by atoms with van der Waals surface area (Å²) >= 11 is 1.69. The van der Waals surface area contributed by atoms with Gasteiger partial charge in [-0.3, -0.25) is 9.59 Å². The molecule has 0 saturated carbocycles. The van der Waals surface area contributed by atoms with Gasteiger partial charge in [-0.15, -0.1) is 11.8 Å². The SMILES string of the molecule is CCC[C@@H](CSc1ccccc1)C1C(=O)OC(c2ccccc2)[C@H](C)N(C)C1=O. The first-order valence-electron chi connectivity index (χ1n) is 10.2. The largest absolute Gasteiger partial charge is 0.455 e. The Hall–Kier alpha value is -2.27. The minimum Gasteiger partial charge on any atom is -0.455 e. The molecular weight excluding hydrogens is 382 g/mol. The van der Waals surface area contributed by atoms with E-state index in [0.717, 1.165) is 23.3 Å². The Morgan fingerprint density at radius 2 is 1.66 bits per heavy atom. The van der Waals surface area contributed by atoms with Crippen molar-refractivity contribution in [3.05, 3.63) is 66.2 Å². The van der Waals surface area contributed by atoms with Gasteiger partial charge in [0.05, 0.1) is 6.04 Å². The molecule has 0 bridgehead atoms. The average molecular weight is 412 g/mol. The summed E-state index contributed by atoms with van der Waals surface area (Å²) in [6.45, 7) is 4.03. The minimum absolute atomic E-state index is 0.0608. The van der Waals surface area contributed by atoms with Crippen molar-refractivity contribution in [1.82, 2.24) is 4.90 Å². The van der Waals surface area contributed by atoms with Gasteiger partial charge in [0, 0.05) is 17.7 Å². The van der Waals surface area contributed by atoms with Crippen LogP contribution >= 0.6 is 11.8 Å². The third-order valence-electron chi connectivity index (χ3n) is 5.63. The number of hydrogen-bond acceptors (Lipinski definition) is 4. The van der Waals surface area contributed by atoms with Crippen molar-refractivity contribution in [2.45, 2.75) is 43.7 Å². The Kier molecular flexibility index (Phi) is 7.37. The first-order valence-corrected chi connectivity index (χ1v) is 11.2. The molecule has 1 amide bonds. The molecule has 5 heteroatoms. The van der Waals surface area contributed by atoms with E-state index in [1.165, 1.54) is 0 Å². The summed E-state index contributed by atoms with van der Waals surface area (Å²) in [6.07, 6.45) is 1.27. The number of amides is 1. The fourth-order valence-electron chi connectivity index (χ4n) is 3.84. The zero-order valence-electron chi connectivity index (χ0n) is 17.3. The molecule has 1 fully saturated rings. The highest BCUT2D eigenvalue weighted by Crippen LogP contribution is 2.35. The summed E-state index contributed by atoms with van der Waals surface area (Å²) in [5.74, 6) is -0.636. The number of carbonyl (C=O) groups is 2. The molecule has 2 aromatic rings. The molecule has 154 valence electrons. The average Bonchev–Trinajstić information content (AvgIpc) is 2.83. The van der Waals surface area contributed by atoms with Crippen LogP contribution in [0.5, 0.6) is 0 Å². The van der Waals surface area contributed by atoms with Crippen LogP contribution in [0.25, 0.3) is 0 Å². The smallest absolute Gasteiger partial charge is 0.319 e. The fraction of sp³-hybridized carbons (Fsp3) is 0.417. The van der Waals surface area contributed by atoms with Crippen LogP contribution in [0.15, 0.2) is 65.6 Å². The lowest BCUT2D eigenvalue weighted by molar-refractivity contribution is -0.157. The molecule has 0 spiro atoms. The topological polar surface area (TPSA) is 46.6 Å². The van der Waals surface area contributed by atoms with Gasteiger partial charge >= 0.3 is 5.97 Å². The number of benzene rings is 2. The summed E-state index contributed by atoms with van der Waals surface area (Å²) in [4.78, 5) is 29.3. The number of likely N-dealkylation sites (N-methyl/N-ethyl adjacent to an activating group) is 1. The van der Waals surface area contributed by atoms with Gasteiger partial charge in [-0.05, 0) is 37.0 Å². The molecule has 1 aliphatic heterocycles. The highest BCUT2D eigenvalue weighted by molar-refractivity contribution is 7.99. The molecule has 4 nitrogen and oxygen atoms in total. The van der Waals surface area contributed by atoms with Gasteiger partial charge in [-0.25, -0.2) is 0 Å². The summed E-state index contributed by atoms with van der Waals surface area (Å²) < 4.78 is 5.93. The van der Waals surface area contributed by atoms with Crippen molar-refractivity contribution in [1.29, 1.82) is 0 Å². The van der Waals surface area contributed by atoms with E-state index in [2.05, 4.69) is 19.1 Å². The van der Waals surface area contributed by atoms with Gasteiger partial charge in [0.15, 0.2) is 0 Å². The van der Waals surface area contributed by atoms with Crippen molar-refractivity contribution >= 4 is 23.6 Å². The van der Waals surface area contributed by atoms with E-state index in [1.54, 1.807) is 23.7 Å². The molecule has 2 unspecified atom stereocenters. The maximum atomic E-state index is 13.3. The Bertz CT molecular complexity index is 811. The van der Waals surface area contributed by atoms with Gasteiger partial charge in [-0.2, -0.15) is 0 Å². The number of ether oxygens (including phenoxy) is 1. The standard InChI is InChI=1S/C24H29NO3S/c1-4-11-19(16-29-20-14-9-6-10-15-20)21-23(26)25(3)17(2)22(28-24(21)27)18-12-7-5-8-13-18/h5-10,12-15,17,19,21-22H,4,11,16H2,1-3H3/t17-,19-,21?,22?/m0/s1. The number of rotatable bonds is 7. The molecule has 0 radical (unpaired) electrons. The van der Waals surface area contributed by atoms with E-state index >= 15 is 0 Å². The summed E-state index contributed by atoms with van der Waals surface area (Å²) in [5.41, 5.74) is 0.916. The van der Waals surface area contributed by atoms with Crippen LogP contribution in [0.4, 0.5) is 0 Å². The number of thioether (sulfide) groups is 1. The first-order chi connectivity index (χ1) is 14.0. The van der Waals surface area contributed by atoms with E-state index in [-0.39, 0.29) is 17.9 Å². The van der Waals surface area contributed by atoms with Crippen molar-refractivity contribution < 1.29 is 14.3 Å². The van der Waals surface area contributed by atoms with Gasteiger partial charge in [0.1, 0.15) is 12.0 Å². The van der Waals surface area contributed by atoms with Gasteiger partial charge in [0.25, 0.3) is 0 Å². The number of cyclic esters (lactones) is 1. The number of esters is 1. The lowest BCUT2D eigenvalue weighted by Gasteiger charge is -2.29. The number of carbonyl (C=O) groups excluding carboxylic acids is 2. The predicted octanol–water partition coefficient (Wildman–Crippen LogP) is 4.96. The number of nitrogens with zero attached hydrogens (tertiary/aromatic N) is 1. The normalized spacial score (nSPS) is 23.4. The van der Waals surface area contributed by atoms with E-state index < -0.39 is 18.0 Å². The van der Waals surface area contributed by atoms with E-state index in [0.29, 0.717) is 5.75 Å². The molecule has 0 aliphatic carbocycles. The van der Waals surface area contributed by atoms with Gasteiger partial charge < -0.3 is 9.64 Å². The minimum atomic E-state index is -0.757. The maximum Gasteiger partial charge on any atom is 0.319 e. The van der Waals surface area contributed by atoms with Crippen LogP contribution in [0, 0.1) is 11.8 Å². The van der Waals surface area contributed by atoms with Crippen LogP contribution in [0.1, 0.15) is 38.4 Å². The molecule has 0 aromatic heterocycles. The second-order valence-corrected chi connectivity index (χ2v) is 8.70. The molecule has 0 N–H and O–H groups in total. The van der Waals surface area contributed by atoms with Crippen LogP contribution in [-0.4, -0.2) is 35.6 Å². The van der Waals surface area contributed by atoms with Crippen LogP contribution in [0.2, 0.25) is 0 Å². The summed E-state index contributed by atoms with van der Waals surface area (Å²) in [6, 6.07) is 19.6. The quantitative estimate of drug-likeness (QED) is 0.367. The molecule has 2 aromatic carbocycles. The zero-order valence-corrected chi connectivity index (χ0v) is 18.1. The van der Waals surface area contributed by atoms with Crippen LogP contribution in [0.3, 0.4) is 0 Å². The van der Waals surface area contributed by atoms with Crippen molar-refractivity contribution in [2.24, 2.45) is 11.8 Å². The van der Waals surface area contributed by atoms with Crippen molar-refractivity contribution in [3.63, 3.8) is 0 Å². The second-order valence-electron chi connectivity index (χ2n) is 7.61. The monoisotopic (exact) mass is 411 g/mol. The fourth-order valence-corrected chi connectivity index (χ4v) is 4.96. The molecule has 1 heterocycles. The van der Waals surface area contributed by atoms with Gasteiger partial charge in [-0.1, -0.05) is 61.9 Å². The summed E-state index contributed by atoms with van der Waals surface area (Å²) in [5, 5.41) is 0. The van der Waals surface area contributed by atoms with E-state index in [9.17, 15) is 9.59 Å². The first kappa shape index (κ1) is 21.4. The van der Waals surface area contributed by atoms with Crippen LogP contribution in [-0.2, 0) is 14.3 Å².